The number of rotatable bonds is 3. The largest absolute Gasteiger partial charge is 0.356 e. The van der Waals surface area contributed by atoms with E-state index in [1.165, 1.54) is 0 Å². The summed E-state index contributed by atoms with van der Waals surface area (Å²) in [5.74, 6) is -3.24. The van der Waals surface area contributed by atoms with Gasteiger partial charge in [-0.25, -0.2) is 0 Å². The number of nitrogens with zero attached hydrogens (tertiary/aromatic N) is 1. The van der Waals surface area contributed by atoms with E-state index >= 15 is 0 Å². The van der Waals surface area contributed by atoms with Crippen LogP contribution in [0.1, 0.15) is 13.8 Å². The molecule has 1 amide bonds. The Bertz CT molecular complexity index is 207. The quantitative estimate of drug-likeness (QED) is 0.467. The number of hydrogen-bond acceptors (Lipinski definition) is 5. The van der Waals surface area contributed by atoms with Crippen molar-refractivity contribution in [3.63, 3.8) is 0 Å². The van der Waals surface area contributed by atoms with Crippen molar-refractivity contribution in [2.24, 2.45) is 0 Å². The third-order valence-electron chi connectivity index (χ3n) is 1.85. The van der Waals surface area contributed by atoms with Crippen LogP contribution in [0.2, 0.25) is 0 Å². The van der Waals surface area contributed by atoms with Crippen LogP contribution in [0.15, 0.2) is 0 Å². The van der Waals surface area contributed by atoms with Gasteiger partial charge in [0.25, 0.3) is 5.79 Å². The molecule has 1 aliphatic heterocycles. The van der Waals surface area contributed by atoms with Crippen LogP contribution in [0.25, 0.3) is 0 Å². The second kappa shape index (κ2) is 3.59. The summed E-state index contributed by atoms with van der Waals surface area (Å²) in [6, 6.07) is 0. The van der Waals surface area contributed by atoms with Crippen molar-refractivity contribution in [3.05, 3.63) is 0 Å². The minimum absolute atomic E-state index is 0.297. The smallest absolute Gasteiger partial charge is 0.301 e. The molecule has 0 aromatic heterocycles. The van der Waals surface area contributed by atoms with Crippen molar-refractivity contribution in [1.29, 1.82) is 0 Å². The fourth-order valence-electron chi connectivity index (χ4n) is 1.16. The highest BCUT2D eigenvalue weighted by Gasteiger charge is 2.52. The molecular formula is C7H14N2O4. The fraction of sp³-hybridized carbons (Fsp3) is 0.857. The minimum atomic E-state index is -2.45. The highest BCUT2D eigenvalue weighted by molar-refractivity contribution is 5.85. The van der Waals surface area contributed by atoms with Gasteiger partial charge in [-0.05, 0) is 13.8 Å². The Morgan fingerprint density at radius 2 is 2.23 bits per heavy atom. The Balaban J connectivity index is 2.74. The molecule has 0 aromatic rings. The Labute approximate surface area is 76.1 Å². The van der Waals surface area contributed by atoms with Gasteiger partial charge in [0.2, 0.25) is 0 Å². The number of aliphatic hydroxyl groups is 2. The van der Waals surface area contributed by atoms with Gasteiger partial charge in [0, 0.05) is 13.2 Å². The molecule has 76 valence electrons. The van der Waals surface area contributed by atoms with Crippen LogP contribution in [0.5, 0.6) is 0 Å². The summed E-state index contributed by atoms with van der Waals surface area (Å²) in [5.41, 5.74) is 2.54. The zero-order valence-corrected chi connectivity index (χ0v) is 7.65. The third-order valence-corrected chi connectivity index (χ3v) is 1.85. The molecule has 6 heteroatoms. The number of hydrazine groups is 1. The molecule has 0 aliphatic carbocycles. The molecule has 0 spiro atoms. The highest BCUT2D eigenvalue weighted by atomic mass is 16.6. The van der Waals surface area contributed by atoms with Crippen LogP contribution < -0.4 is 5.43 Å². The summed E-state index contributed by atoms with van der Waals surface area (Å²) in [7, 11) is 0. The Morgan fingerprint density at radius 3 is 2.62 bits per heavy atom. The van der Waals surface area contributed by atoms with E-state index in [0.29, 0.717) is 13.2 Å². The lowest BCUT2D eigenvalue weighted by atomic mass is 10.2. The molecule has 1 unspecified atom stereocenters. The maximum Gasteiger partial charge on any atom is 0.301 e. The first-order chi connectivity index (χ1) is 6.04. The molecule has 1 aliphatic rings. The third kappa shape index (κ3) is 1.66. The molecule has 1 fully saturated rings. The fourth-order valence-corrected chi connectivity index (χ4v) is 1.16. The summed E-state index contributed by atoms with van der Waals surface area (Å²) >= 11 is 0. The number of ether oxygens (including phenoxy) is 1. The molecule has 0 bridgehead atoms. The number of carbonyl (C=O) groups excluding carboxylic acids is 1. The van der Waals surface area contributed by atoms with Crippen molar-refractivity contribution in [2.45, 2.75) is 25.9 Å². The van der Waals surface area contributed by atoms with Gasteiger partial charge in [-0.1, -0.05) is 0 Å². The van der Waals surface area contributed by atoms with Crippen molar-refractivity contribution in [1.82, 2.24) is 10.4 Å². The monoisotopic (exact) mass is 190 g/mol. The molecule has 3 N–H and O–H groups in total. The maximum absolute atomic E-state index is 11.2. The summed E-state index contributed by atoms with van der Waals surface area (Å²) in [6.45, 7) is 4.07. The first-order valence-corrected chi connectivity index (χ1v) is 4.18. The average Bonchev–Trinajstić information content (AvgIpc) is 2.29. The molecule has 1 atom stereocenters. The number of carbonyl (C=O) groups is 1. The molecule has 1 heterocycles. The van der Waals surface area contributed by atoms with Crippen molar-refractivity contribution < 1.29 is 19.7 Å². The van der Waals surface area contributed by atoms with E-state index in [4.69, 9.17) is 4.74 Å². The van der Waals surface area contributed by atoms with Gasteiger partial charge >= 0.3 is 5.91 Å². The van der Waals surface area contributed by atoms with Gasteiger partial charge in [0.15, 0.2) is 6.23 Å². The minimum Gasteiger partial charge on any atom is -0.356 e. The molecule has 0 saturated carbocycles. The van der Waals surface area contributed by atoms with Crippen LogP contribution in [0.4, 0.5) is 0 Å². The Morgan fingerprint density at radius 1 is 1.62 bits per heavy atom. The maximum atomic E-state index is 11.2. The normalized spacial score (nSPS) is 26.9. The predicted molar refractivity (Wildman–Crippen MR) is 43.1 cm³/mol. The van der Waals surface area contributed by atoms with Crippen LogP contribution in [0.3, 0.4) is 0 Å². The predicted octanol–water partition coefficient (Wildman–Crippen LogP) is -1.60. The molecule has 13 heavy (non-hydrogen) atoms. The average molecular weight is 190 g/mol. The second-order valence-corrected chi connectivity index (χ2v) is 2.74. The van der Waals surface area contributed by atoms with Crippen LogP contribution in [0, 0.1) is 0 Å². The van der Waals surface area contributed by atoms with Gasteiger partial charge in [-0.2, -0.15) is 5.43 Å². The first kappa shape index (κ1) is 10.4. The molecule has 0 radical (unpaired) electrons. The second-order valence-electron chi connectivity index (χ2n) is 2.74. The highest BCUT2D eigenvalue weighted by Crippen LogP contribution is 2.18. The zero-order valence-electron chi connectivity index (χ0n) is 7.65. The van der Waals surface area contributed by atoms with Gasteiger partial charge in [0.1, 0.15) is 0 Å². The summed E-state index contributed by atoms with van der Waals surface area (Å²) < 4.78 is 4.95. The summed E-state index contributed by atoms with van der Waals surface area (Å²) in [5, 5.41) is 19.8. The van der Waals surface area contributed by atoms with Crippen LogP contribution in [-0.4, -0.2) is 46.3 Å². The van der Waals surface area contributed by atoms with E-state index in [9.17, 15) is 15.0 Å². The topological polar surface area (TPSA) is 82.0 Å². The number of nitrogens with one attached hydrogen (secondary N) is 1. The van der Waals surface area contributed by atoms with E-state index in [1.807, 2.05) is 0 Å². The van der Waals surface area contributed by atoms with Crippen molar-refractivity contribution in [2.75, 3.05) is 13.2 Å². The lowest BCUT2D eigenvalue weighted by Crippen LogP contribution is -2.48. The molecule has 0 aromatic carbocycles. The van der Waals surface area contributed by atoms with Gasteiger partial charge < -0.3 is 14.9 Å². The van der Waals surface area contributed by atoms with Crippen molar-refractivity contribution >= 4 is 5.91 Å². The van der Waals surface area contributed by atoms with Crippen LogP contribution in [-0.2, 0) is 9.53 Å². The SMILES string of the molecule is CCOC1NN(CC)C(=O)C1(O)O. The number of amides is 1. The van der Waals surface area contributed by atoms with Crippen molar-refractivity contribution in [3.8, 4) is 0 Å². The Kier molecular flexibility index (Phi) is 2.87. The standard InChI is InChI=1S/C7H14N2O4/c1-3-9-6(10)7(11,12)5(8-9)13-4-2/h5,8,11-12H,3-4H2,1-2H3. The first-order valence-electron chi connectivity index (χ1n) is 4.18. The van der Waals surface area contributed by atoms with E-state index in [1.54, 1.807) is 13.8 Å². The molecule has 6 nitrogen and oxygen atoms in total. The van der Waals surface area contributed by atoms with Gasteiger partial charge in [-0.3, -0.25) is 9.80 Å². The van der Waals surface area contributed by atoms with E-state index in [-0.39, 0.29) is 0 Å². The molecular weight excluding hydrogens is 176 g/mol. The molecule has 1 rings (SSSR count). The zero-order chi connectivity index (χ0) is 10.1. The lowest BCUT2D eigenvalue weighted by Gasteiger charge is -2.18. The van der Waals surface area contributed by atoms with E-state index in [2.05, 4.69) is 5.43 Å². The van der Waals surface area contributed by atoms with E-state index < -0.39 is 17.9 Å². The number of hydrogen-bond donors (Lipinski definition) is 3. The van der Waals surface area contributed by atoms with Gasteiger partial charge in [-0.15, -0.1) is 0 Å². The van der Waals surface area contributed by atoms with Crippen LogP contribution >= 0.6 is 0 Å². The van der Waals surface area contributed by atoms with Gasteiger partial charge in [0.05, 0.1) is 0 Å². The Hall–Kier alpha value is -0.690. The molecule has 1 saturated heterocycles. The number of likely N-dealkylation sites (N-methyl/N-ethyl adjacent to an activating group) is 1. The van der Waals surface area contributed by atoms with E-state index in [0.717, 1.165) is 5.01 Å². The summed E-state index contributed by atoms with van der Waals surface area (Å²) in [6.07, 6.45) is -1.08. The lowest BCUT2D eigenvalue weighted by molar-refractivity contribution is -0.219. The summed E-state index contributed by atoms with van der Waals surface area (Å²) in [4.78, 5) is 11.2.